The van der Waals surface area contributed by atoms with Gasteiger partial charge >= 0.3 is 5.97 Å². The zero-order valence-corrected chi connectivity index (χ0v) is 12.5. The van der Waals surface area contributed by atoms with Gasteiger partial charge < -0.3 is 10.0 Å². The van der Waals surface area contributed by atoms with Crippen molar-refractivity contribution in [2.24, 2.45) is 5.92 Å². The molecule has 0 radical (unpaired) electrons. The van der Waals surface area contributed by atoms with Crippen molar-refractivity contribution in [3.05, 3.63) is 35.6 Å². The number of carbonyl (C=O) groups is 2. The first-order valence-corrected chi connectivity index (χ1v) is 6.70. The van der Waals surface area contributed by atoms with E-state index in [0.29, 0.717) is 5.56 Å². The standard InChI is InChI=1S/C15H21FN2O3/c1-11(15(20)21)8-17(2)10-14(19)18(3)9-12-6-4-5-7-13(12)16/h4-7,11H,8-10H2,1-3H3,(H,20,21). The Labute approximate surface area is 124 Å². The van der Waals surface area contributed by atoms with Crippen molar-refractivity contribution in [3.8, 4) is 0 Å². The minimum atomic E-state index is -0.894. The molecule has 0 spiro atoms. The van der Waals surface area contributed by atoms with Crippen molar-refractivity contribution in [2.75, 3.05) is 27.2 Å². The van der Waals surface area contributed by atoms with Gasteiger partial charge in [-0.1, -0.05) is 25.1 Å². The van der Waals surface area contributed by atoms with Crippen LogP contribution in [0.2, 0.25) is 0 Å². The molecule has 5 nitrogen and oxygen atoms in total. The van der Waals surface area contributed by atoms with Gasteiger partial charge in [0.15, 0.2) is 0 Å². The van der Waals surface area contributed by atoms with Crippen LogP contribution in [0.5, 0.6) is 0 Å². The van der Waals surface area contributed by atoms with Crippen LogP contribution in [0.4, 0.5) is 4.39 Å². The number of halogens is 1. The minimum Gasteiger partial charge on any atom is -0.481 e. The third-order valence-corrected chi connectivity index (χ3v) is 3.20. The second-order valence-electron chi connectivity index (χ2n) is 5.28. The molecule has 0 saturated carbocycles. The Bertz CT molecular complexity index is 507. The van der Waals surface area contributed by atoms with E-state index >= 15 is 0 Å². The predicted octanol–water partition coefficient (Wildman–Crippen LogP) is 1.44. The summed E-state index contributed by atoms with van der Waals surface area (Å²) in [6.07, 6.45) is 0. The molecule has 0 bridgehead atoms. The van der Waals surface area contributed by atoms with Crippen molar-refractivity contribution in [3.63, 3.8) is 0 Å². The quantitative estimate of drug-likeness (QED) is 0.827. The van der Waals surface area contributed by atoms with Crippen LogP contribution in [-0.4, -0.2) is 54.0 Å². The summed E-state index contributed by atoms with van der Waals surface area (Å²) in [5.41, 5.74) is 0.454. The Morgan fingerprint density at radius 2 is 1.90 bits per heavy atom. The molecule has 1 aromatic rings. The topological polar surface area (TPSA) is 60.9 Å². The Morgan fingerprint density at radius 1 is 1.29 bits per heavy atom. The summed E-state index contributed by atoms with van der Waals surface area (Å²) in [7, 11) is 3.29. The Kier molecular flexibility index (Phi) is 6.30. The number of aliphatic carboxylic acids is 1. The number of rotatable bonds is 7. The molecule has 0 saturated heterocycles. The van der Waals surface area contributed by atoms with Gasteiger partial charge in [0, 0.05) is 25.7 Å². The number of amides is 1. The fourth-order valence-electron chi connectivity index (χ4n) is 1.93. The zero-order chi connectivity index (χ0) is 16.0. The van der Waals surface area contributed by atoms with Crippen molar-refractivity contribution in [1.29, 1.82) is 0 Å². The third kappa shape index (κ3) is 5.51. The van der Waals surface area contributed by atoms with Crippen LogP contribution in [0.3, 0.4) is 0 Å². The fourth-order valence-corrected chi connectivity index (χ4v) is 1.93. The van der Waals surface area contributed by atoms with Gasteiger partial charge in [-0.05, 0) is 13.1 Å². The van der Waals surface area contributed by atoms with Crippen molar-refractivity contribution in [2.45, 2.75) is 13.5 Å². The lowest BCUT2D eigenvalue weighted by molar-refractivity contribution is -0.142. The number of carbonyl (C=O) groups excluding carboxylic acids is 1. The average molecular weight is 296 g/mol. The number of nitrogens with zero attached hydrogens (tertiary/aromatic N) is 2. The molecule has 6 heteroatoms. The zero-order valence-electron chi connectivity index (χ0n) is 12.5. The van der Waals surface area contributed by atoms with E-state index < -0.39 is 11.9 Å². The molecule has 0 aromatic heterocycles. The molecule has 0 fully saturated rings. The van der Waals surface area contributed by atoms with E-state index in [-0.39, 0.29) is 31.4 Å². The summed E-state index contributed by atoms with van der Waals surface area (Å²) < 4.78 is 13.5. The van der Waals surface area contributed by atoms with Crippen molar-refractivity contribution >= 4 is 11.9 Å². The van der Waals surface area contributed by atoms with Gasteiger partial charge in [0.2, 0.25) is 5.91 Å². The summed E-state index contributed by atoms with van der Waals surface area (Å²) in [6.45, 7) is 2.16. The fraction of sp³-hybridized carbons (Fsp3) is 0.467. The highest BCUT2D eigenvalue weighted by Crippen LogP contribution is 2.09. The van der Waals surface area contributed by atoms with Crippen LogP contribution >= 0.6 is 0 Å². The Balaban J connectivity index is 2.51. The van der Waals surface area contributed by atoms with Gasteiger partial charge in [-0.15, -0.1) is 0 Å². The van der Waals surface area contributed by atoms with E-state index in [0.717, 1.165) is 0 Å². The lowest BCUT2D eigenvalue weighted by Crippen LogP contribution is -2.39. The first-order valence-electron chi connectivity index (χ1n) is 6.70. The molecule has 0 aliphatic heterocycles. The first kappa shape index (κ1) is 17.1. The molecule has 1 amide bonds. The molecule has 1 atom stereocenters. The molecule has 1 N–H and O–H groups in total. The molecule has 1 rings (SSSR count). The van der Waals surface area contributed by atoms with Gasteiger partial charge in [-0.25, -0.2) is 4.39 Å². The summed E-state index contributed by atoms with van der Waals surface area (Å²) >= 11 is 0. The molecule has 1 aromatic carbocycles. The van der Waals surface area contributed by atoms with Crippen LogP contribution in [-0.2, 0) is 16.1 Å². The van der Waals surface area contributed by atoms with E-state index in [2.05, 4.69) is 0 Å². The summed E-state index contributed by atoms with van der Waals surface area (Å²) in [5, 5.41) is 8.84. The smallest absolute Gasteiger partial charge is 0.307 e. The summed E-state index contributed by atoms with van der Waals surface area (Å²) in [6, 6.07) is 6.31. The van der Waals surface area contributed by atoms with Gasteiger partial charge in [-0.2, -0.15) is 0 Å². The van der Waals surface area contributed by atoms with Gasteiger partial charge in [-0.3, -0.25) is 14.5 Å². The summed E-state index contributed by atoms with van der Waals surface area (Å²) in [5.74, 6) is -1.96. The van der Waals surface area contributed by atoms with Crippen LogP contribution < -0.4 is 0 Å². The van der Waals surface area contributed by atoms with Gasteiger partial charge in [0.25, 0.3) is 0 Å². The summed E-state index contributed by atoms with van der Waals surface area (Å²) in [4.78, 5) is 25.9. The Hall–Kier alpha value is -1.95. The minimum absolute atomic E-state index is 0.0998. The highest BCUT2D eigenvalue weighted by molar-refractivity contribution is 5.78. The normalized spacial score (nSPS) is 12.2. The molecule has 1 unspecified atom stereocenters. The van der Waals surface area contributed by atoms with Crippen LogP contribution in [0.25, 0.3) is 0 Å². The largest absolute Gasteiger partial charge is 0.481 e. The van der Waals surface area contributed by atoms with Crippen molar-refractivity contribution in [1.82, 2.24) is 9.80 Å². The highest BCUT2D eigenvalue weighted by atomic mass is 19.1. The second-order valence-corrected chi connectivity index (χ2v) is 5.28. The molecule has 0 aliphatic rings. The van der Waals surface area contributed by atoms with E-state index in [1.165, 1.54) is 11.0 Å². The lowest BCUT2D eigenvalue weighted by atomic mass is 10.2. The predicted molar refractivity (Wildman–Crippen MR) is 77.2 cm³/mol. The SMILES string of the molecule is CC(CN(C)CC(=O)N(C)Cc1ccccc1F)C(=O)O. The first-order chi connectivity index (χ1) is 9.81. The van der Waals surface area contributed by atoms with E-state index in [4.69, 9.17) is 5.11 Å². The maximum absolute atomic E-state index is 13.5. The highest BCUT2D eigenvalue weighted by Gasteiger charge is 2.17. The number of likely N-dealkylation sites (N-methyl/N-ethyl adjacent to an activating group) is 2. The number of carboxylic acid groups (broad SMARTS) is 1. The third-order valence-electron chi connectivity index (χ3n) is 3.20. The molecule has 116 valence electrons. The number of benzene rings is 1. The van der Waals surface area contributed by atoms with E-state index in [1.807, 2.05) is 0 Å². The maximum atomic E-state index is 13.5. The van der Waals surface area contributed by atoms with Gasteiger partial charge in [0.1, 0.15) is 5.82 Å². The molecule has 21 heavy (non-hydrogen) atoms. The Morgan fingerprint density at radius 3 is 2.48 bits per heavy atom. The molecule has 0 aliphatic carbocycles. The van der Waals surface area contributed by atoms with Crippen LogP contribution in [0.15, 0.2) is 24.3 Å². The molecular formula is C15H21FN2O3. The molecule has 0 heterocycles. The monoisotopic (exact) mass is 296 g/mol. The number of hydrogen-bond acceptors (Lipinski definition) is 3. The average Bonchev–Trinajstić information content (AvgIpc) is 2.40. The number of hydrogen-bond donors (Lipinski definition) is 1. The maximum Gasteiger partial charge on any atom is 0.307 e. The molecular weight excluding hydrogens is 275 g/mol. The van der Waals surface area contributed by atoms with Gasteiger partial charge in [0.05, 0.1) is 12.5 Å². The lowest BCUT2D eigenvalue weighted by Gasteiger charge is -2.23. The van der Waals surface area contributed by atoms with E-state index in [9.17, 15) is 14.0 Å². The van der Waals surface area contributed by atoms with E-state index in [1.54, 1.807) is 44.1 Å². The second kappa shape index (κ2) is 7.73. The number of carboxylic acids is 1. The van der Waals surface area contributed by atoms with Crippen molar-refractivity contribution < 1.29 is 19.1 Å². The van der Waals surface area contributed by atoms with Crippen LogP contribution in [0.1, 0.15) is 12.5 Å². The van der Waals surface area contributed by atoms with Crippen LogP contribution in [0, 0.1) is 11.7 Å².